The van der Waals surface area contributed by atoms with Gasteiger partial charge in [-0.1, -0.05) is 23.7 Å². The van der Waals surface area contributed by atoms with Crippen LogP contribution in [0.3, 0.4) is 0 Å². The lowest BCUT2D eigenvalue weighted by Crippen LogP contribution is -2.49. The van der Waals surface area contributed by atoms with Crippen molar-refractivity contribution in [2.75, 3.05) is 18.8 Å². The van der Waals surface area contributed by atoms with Gasteiger partial charge in [0.2, 0.25) is 6.79 Å². The smallest absolute Gasteiger partial charge is 0.317 e. The van der Waals surface area contributed by atoms with E-state index >= 15 is 0 Å². The van der Waals surface area contributed by atoms with Crippen LogP contribution in [-0.4, -0.2) is 31.5 Å². The van der Waals surface area contributed by atoms with Gasteiger partial charge >= 0.3 is 5.97 Å². The lowest BCUT2D eigenvalue weighted by molar-refractivity contribution is -0.143. The lowest BCUT2D eigenvalue weighted by Gasteiger charge is -2.43. The van der Waals surface area contributed by atoms with E-state index in [-0.39, 0.29) is 18.4 Å². The molecule has 3 aliphatic rings. The molecule has 2 aromatic carbocycles. The van der Waals surface area contributed by atoms with E-state index in [2.05, 4.69) is 0 Å². The molecule has 0 saturated heterocycles. The first kappa shape index (κ1) is 21.5. The third kappa shape index (κ3) is 3.38. The Kier molecular flexibility index (Phi) is 5.37. The van der Waals surface area contributed by atoms with Gasteiger partial charge in [-0.3, -0.25) is 15.0 Å². The number of nitrogens with one attached hydrogen (secondary N) is 1. The summed E-state index contributed by atoms with van der Waals surface area (Å²) in [6, 6.07) is 10.8. The first-order chi connectivity index (χ1) is 15.9. The van der Waals surface area contributed by atoms with Gasteiger partial charge in [0.25, 0.3) is 0 Å². The molecule has 0 amide bonds. The number of rotatable bonds is 3. The first-order valence-corrected chi connectivity index (χ1v) is 11.2. The van der Waals surface area contributed by atoms with Crippen LogP contribution in [-0.2, 0) is 14.3 Å². The SMILES string of the molecule is COC(=O)C1C(=N)N(c2cccc(Cl)c2C)C2=C(C(=O)CCC2)C1c1ccc2c(c1)OCO2. The van der Waals surface area contributed by atoms with Crippen molar-refractivity contribution in [3.63, 3.8) is 0 Å². The number of allylic oxidation sites excluding steroid dienone is 2. The van der Waals surface area contributed by atoms with Crippen molar-refractivity contribution in [2.24, 2.45) is 5.92 Å². The largest absolute Gasteiger partial charge is 0.468 e. The average molecular weight is 467 g/mol. The number of ketones is 1. The molecule has 0 bridgehead atoms. The molecule has 33 heavy (non-hydrogen) atoms. The number of ether oxygens (including phenoxy) is 3. The van der Waals surface area contributed by atoms with Crippen molar-refractivity contribution in [2.45, 2.75) is 32.1 Å². The molecule has 2 aliphatic heterocycles. The van der Waals surface area contributed by atoms with E-state index in [1.165, 1.54) is 7.11 Å². The first-order valence-electron chi connectivity index (χ1n) is 10.8. The predicted octanol–water partition coefficient (Wildman–Crippen LogP) is 4.75. The summed E-state index contributed by atoms with van der Waals surface area (Å²) < 4.78 is 16.1. The summed E-state index contributed by atoms with van der Waals surface area (Å²) in [5.74, 6) is -1.03. The summed E-state index contributed by atoms with van der Waals surface area (Å²) in [4.78, 5) is 28.2. The van der Waals surface area contributed by atoms with Crippen LogP contribution < -0.4 is 14.4 Å². The molecule has 0 spiro atoms. The highest BCUT2D eigenvalue weighted by Gasteiger charge is 2.48. The fourth-order valence-corrected chi connectivity index (χ4v) is 5.16. The van der Waals surface area contributed by atoms with Gasteiger partial charge in [0.05, 0.1) is 12.8 Å². The summed E-state index contributed by atoms with van der Waals surface area (Å²) in [5.41, 5.74) is 3.46. The second kappa shape index (κ2) is 8.23. The number of benzene rings is 2. The molecule has 2 unspecified atom stereocenters. The third-order valence-corrected chi connectivity index (χ3v) is 6.98. The molecular formula is C25H23ClN2O5. The Morgan fingerprint density at radius 2 is 1.97 bits per heavy atom. The summed E-state index contributed by atoms with van der Waals surface area (Å²) in [6.07, 6.45) is 1.69. The Balaban J connectivity index is 1.76. The molecule has 2 heterocycles. The molecule has 1 N–H and O–H groups in total. The van der Waals surface area contributed by atoms with Crippen molar-refractivity contribution in [1.82, 2.24) is 0 Å². The fraction of sp³-hybridized carbons (Fsp3) is 0.320. The topological polar surface area (TPSA) is 88.9 Å². The van der Waals surface area contributed by atoms with Crippen molar-refractivity contribution >= 4 is 34.9 Å². The van der Waals surface area contributed by atoms with E-state index in [0.717, 1.165) is 11.3 Å². The van der Waals surface area contributed by atoms with Crippen LogP contribution >= 0.6 is 11.6 Å². The minimum Gasteiger partial charge on any atom is -0.468 e. The van der Waals surface area contributed by atoms with Gasteiger partial charge in [0, 0.05) is 28.6 Å². The molecule has 8 heteroatoms. The number of nitrogens with zero attached hydrogens (tertiary/aromatic N) is 1. The van der Waals surface area contributed by atoms with Crippen molar-refractivity contribution in [3.05, 3.63) is 63.8 Å². The van der Waals surface area contributed by atoms with Gasteiger partial charge in [0.15, 0.2) is 17.3 Å². The van der Waals surface area contributed by atoms with Gasteiger partial charge < -0.3 is 19.1 Å². The van der Waals surface area contributed by atoms with Crippen LogP contribution in [0.25, 0.3) is 0 Å². The second-order valence-corrected chi connectivity index (χ2v) is 8.74. The maximum Gasteiger partial charge on any atom is 0.317 e. The number of anilines is 1. The van der Waals surface area contributed by atoms with Crippen molar-refractivity contribution in [3.8, 4) is 11.5 Å². The molecule has 0 aromatic heterocycles. The Hall–Kier alpha value is -3.32. The van der Waals surface area contributed by atoms with Crippen molar-refractivity contribution < 1.29 is 23.8 Å². The molecule has 0 saturated carbocycles. The summed E-state index contributed by atoms with van der Waals surface area (Å²) in [7, 11) is 1.30. The molecule has 7 nitrogen and oxygen atoms in total. The highest BCUT2D eigenvalue weighted by molar-refractivity contribution is 6.32. The quantitative estimate of drug-likeness (QED) is 0.656. The van der Waals surface area contributed by atoms with Crippen LogP contribution in [0.5, 0.6) is 11.5 Å². The van der Waals surface area contributed by atoms with E-state index in [4.69, 9.17) is 31.2 Å². The number of hydrogen-bond acceptors (Lipinski definition) is 6. The number of halogens is 1. The number of methoxy groups -OCH3 is 1. The Morgan fingerprint density at radius 3 is 2.76 bits per heavy atom. The van der Waals surface area contributed by atoms with Crippen LogP contribution in [0.2, 0.25) is 5.02 Å². The molecule has 2 aromatic rings. The van der Waals surface area contributed by atoms with Crippen LogP contribution in [0.15, 0.2) is 47.7 Å². The number of esters is 1. The highest BCUT2D eigenvalue weighted by Crippen LogP contribution is 2.49. The van der Waals surface area contributed by atoms with Crippen LogP contribution in [0.4, 0.5) is 5.69 Å². The molecule has 2 atom stereocenters. The van der Waals surface area contributed by atoms with Gasteiger partial charge in [-0.05, 0) is 55.2 Å². The molecule has 0 fully saturated rings. The van der Waals surface area contributed by atoms with Crippen molar-refractivity contribution in [1.29, 1.82) is 5.41 Å². The minimum atomic E-state index is -1.01. The predicted molar refractivity (Wildman–Crippen MR) is 123 cm³/mol. The maximum absolute atomic E-state index is 13.3. The minimum absolute atomic E-state index is 0.0231. The standard InChI is InChI=1S/C25H23ClN2O5/c1-13-15(26)5-3-6-16(13)28-17-7-4-8-18(29)22(17)21(23(24(28)27)25(30)31-2)14-9-10-19-20(11-14)33-12-32-19/h3,5-6,9-11,21,23,27H,4,7-8,12H2,1-2H3. The zero-order chi connectivity index (χ0) is 23.3. The van der Waals surface area contributed by atoms with E-state index in [0.29, 0.717) is 52.6 Å². The number of carbonyl (C=O) groups excluding carboxylic acids is 2. The highest BCUT2D eigenvalue weighted by atomic mass is 35.5. The van der Waals surface area contributed by atoms with Gasteiger partial charge in [-0.25, -0.2) is 0 Å². The number of carbonyl (C=O) groups is 2. The van der Waals surface area contributed by atoms with Crippen LogP contribution in [0.1, 0.15) is 36.3 Å². The number of amidine groups is 1. The lowest BCUT2D eigenvalue weighted by atomic mass is 9.71. The fourth-order valence-electron chi connectivity index (χ4n) is 4.99. The monoisotopic (exact) mass is 466 g/mol. The molecule has 1 aliphatic carbocycles. The summed E-state index contributed by atoms with van der Waals surface area (Å²) >= 11 is 6.39. The maximum atomic E-state index is 13.3. The summed E-state index contributed by atoms with van der Waals surface area (Å²) in [6.45, 7) is 1.99. The normalized spacial score (nSPS) is 21.8. The Bertz CT molecular complexity index is 1220. The van der Waals surface area contributed by atoms with E-state index < -0.39 is 17.8 Å². The second-order valence-electron chi connectivity index (χ2n) is 8.33. The third-order valence-electron chi connectivity index (χ3n) is 6.57. The van der Waals surface area contributed by atoms with Gasteiger partial charge in [-0.15, -0.1) is 0 Å². The Labute approximate surface area is 196 Å². The van der Waals surface area contributed by atoms with E-state index in [9.17, 15) is 9.59 Å². The van der Waals surface area contributed by atoms with Gasteiger partial charge in [0.1, 0.15) is 11.8 Å². The van der Waals surface area contributed by atoms with E-state index in [1.54, 1.807) is 29.2 Å². The zero-order valence-electron chi connectivity index (χ0n) is 18.3. The summed E-state index contributed by atoms with van der Waals surface area (Å²) in [5, 5.41) is 9.70. The molecule has 170 valence electrons. The zero-order valence-corrected chi connectivity index (χ0v) is 19.1. The van der Waals surface area contributed by atoms with Crippen LogP contribution in [0, 0.1) is 18.3 Å². The number of fused-ring (bicyclic) bond motifs is 1. The van der Waals surface area contributed by atoms with Gasteiger partial charge in [-0.2, -0.15) is 0 Å². The number of Topliss-reactive ketones (excluding diaryl/α,β-unsaturated/α-hetero) is 1. The average Bonchev–Trinajstić information content (AvgIpc) is 3.28. The van der Waals surface area contributed by atoms with E-state index in [1.807, 2.05) is 19.1 Å². The Morgan fingerprint density at radius 1 is 1.18 bits per heavy atom. The number of hydrogen-bond donors (Lipinski definition) is 1. The molecule has 0 radical (unpaired) electrons. The molecule has 5 rings (SSSR count). The molecular weight excluding hydrogens is 444 g/mol.